The summed E-state index contributed by atoms with van der Waals surface area (Å²) in [5.41, 5.74) is 4.23. The first-order valence-electron chi connectivity index (χ1n) is 17.0. The SMILES string of the molecule is C=CC(=O)Nc1cc(NC2NC(Nc3ccccc3P(C)(C)=O)C(Cl)CN2CCCCCCCCC)c(CC)cc1C#CCN(C)C. The van der Waals surface area contributed by atoms with E-state index < -0.39 is 7.14 Å². The van der Waals surface area contributed by atoms with Crippen molar-refractivity contribution < 1.29 is 9.36 Å². The summed E-state index contributed by atoms with van der Waals surface area (Å²) in [4.78, 5) is 16.8. The largest absolute Gasteiger partial charge is 0.368 e. The number of alkyl halides is 1. The predicted molar refractivity (Wildman–Crippen MR) is 203 cm³/mol. The number of amides is 1. The molecule has 3 atom stereocenters. The number of halogens is 1. The molecule has 0 saturated carbocycles. The van der Waals surface area contributed by atoms with Gasteiger partial charge in [0.1, 0.15) is 13.4 Å². The van der Waals surface area contributed by atoms with E-state index in [9.17, 15) is 9.36 Å². The molecule has 0 aromatic heterocycles. The number of unbranched alkanes of at least 4 members (excludes halogenated alkanes) is 6. The number of benzene rings is 2. The minimum atomic E-state index is -2.52. The number of aryl methyl sites for hydroxylation is 1. The summed E-state index contributed by atoms with van der Waals surface area (Å²) in [5, 5.41) is 14.6. The molecule has 1 saturated heterocycles. The van der Waals surface area contributed by atoms with Gasteiger partial charge < -0.3 is 20.5 Å². The maximum Gasteiger partial charge on any atom is 0.247 e. The molecule has 1 fully saturated rings. The Kier molecular flexibility index (Phi) is 15.8. The molecule has 3 rings (SSSR count). The first-order valence-corrected chi connectivity index (χ1v) is 20.1. The van der Waals surface area contributed by atoms with Crippen LogP contribution in [-0.2, 0) is 15.8 Å². The number of hydrogen-bond donors (Lipinski definition) is 4. The van der Waals surface area contributed by atoms with Crippen LogP contribution in [0, 0.1) is 11.8 Å². The Bertz CT molecular complexity index is 1430. The second-order valence-corrected chi connectivity index (χ2v) is 16.7. The maximum absolute atomic E-state index is 13.1. The number of nitrogens with zero attached hydrogens (tertiary/aromatic N) is 2. The summed E-state index contributed by atoms with van der Waals surface area (Å²) >= 11 is 7.07. The molecule has 2 aromatic rings. The molecule has 10 heteroatoms. The second kappa shape index (κ2) is 19.3. The fourth-order valence-corrected chi connectivity index (χ4v) is 7.18. The Labute approximate surface area is 288 Å². The van der Waals surface area contributed by atoms with Gasteiger partial charge in [0, 0.05) is 35.3 Å². The van der Waals surface area contributed by atoms with E-state index in [1.54, 1.807) is 13.3 Å². The molecule has 0 radical (unpaired) electrons. The summed E-state index contributed by atoms with van der Waals surface area (Å²) in [6.07, 6.45) is 10.1. The van der Waals surface area contributed by atoms with Gasteiger partial charge in [-0.1, -0.05) is 82.9 Å². The lowest BCUT2D eigenvalue weighted by molar-refractivity contribution is -0.111. The van der Waals surface area contributed by atoms with E-state index in [2.05, 4.69) is 64.5 Å². The maximum atomic E-state index is 13.1. The molecule has 1 aliphatic rings. The number of carbonyl (C=O) groups excluding carboxylic acids is 1. The summed E-state index contributed by atoms with van der Waals surface area (Å²) in [6, 6.07) is 11.8. The molecule has 0 aliphatic carbocycles. The van der Waals surface area contributed by atoms with Crippen LogP contribution in [0.25, 0.3) is 0 Å². The van der Waals surface area contributed by atoms with E-state index in [0.29, 0.717) is 18.8 Å². The lowest BCUT2D eigenvalue weighted by atomic mass is 10.0. The van der Waals surface area contributed by atoms with Gasteiger partial charge >= 0.3 is 0 Å². The van der Waals surface area contributed by atoms with Crippen LogP contribution >= 0.6 is 18.7 Å². The fourth-order valence-electron chi connectivity index (χ4n) is 5.71. The van der Waals surface area contributed by atoms with Crippen LogP contribution in [0.2, 0.25) is 0 Å². The Morgan fingerprint density at radius 2 is 1.77 bits per heavy atom. The topological polar surface area (TPSA) is 88.7 Å². The highest BCUT2D eigenvalue weighted by Crippen LogP contribution is 2.38. The van der Waals surface area contributed by atoms with Crippen LogP contribution in [0.15, 0.2) is 49.1 Å². The predicted octanol–water partition coefficient (Wildman–Crippen LogP) is 6.93. The van der Waals surface area contributed by atoms with Crippen molar-refractivity contribution in [2.24, 2.45) is 0 Å². The van der Waals surface area contributed by atoms with E-state index in [-0.39, 0.29) is 23.7 Å². The molecule has 1 aliphatic heterocycles. The van der Waals surface area contributed by atoms with Crippen molar-refractivity contribution in [3.05, 3.63) is 60.2 Å². The zero-order chi connectivity index (χ0) is 34.4. The standard InChI is InChI=1S/C37H56ClN6O2P/c1-8-11-12-13-14-15-18-24-44-27-30(38)36(40-31-21-16-17-22-34(31)47(6,7)46)42-37(44)41-32-26-33(39-35(45)10-3)29(25-28(32)9-2)20-19-23-43(4)5/h10,16-17,21-22,25-26,30,36-37,40-42H,3,8-9,11-15,18,23-24,27H2,1-2,4-7H3,(H,39,45). The summed E-state index contributed by atoms with van der Waals surface area (Å²) in [6.45, 7) is 13.7. The minimum absolute atomic E-state index is 0.235. The van der Waals surface area contributed by atoms with E-state index >= 15 is 0 Å². The van der Waals surface area contributed by atoms with Gasteiger partial charge in [0.25, 0.3) is 0 Å². The number of carbonyl (C=O) groups is 1. The van der Waals surface area contributed by atoms with Crippen LogP contribution in [-0.4, -0.2) is 80.6 Å². The summed E-state index contributed by atoms with van der Waals surface area (Å²) in [7, 11) is 1.43. The van der Waals surface area contributed by atoms with Gasteiger partial charge in [-0.05, 0) is 76.2 Å². The van der Waals surface area contributed by atoms with Gasteiger partial charge in [-0.25, -0.2) is 0 Å². The zero-order valence-electron chi connectivity index (χ0n) is 29.3. The van der Waals surface area contributed by atoms with E-state index in [4.69, 9.17) is 11.6 Å². The number of rotatable bonds is 17. The molecule has 47 heavy (non-hydrogen) atoms. The van der Waals surface area contributed by atoms with Gasteiger partial charge in [0.05, 0.1) is 23.8 Å². The normalized spacial score (nSPS) is 18.3. The minimum Gasteiger partial charge on any atom is -0.368 e. The van der Waals surface area contributed by atoms with Gasteiger partial charge in [-0.3, -0.25) is 19.9 Å². The highest BCUT2D eigenvalue weighted by molar-refractivity contribution is 7.70. The Morgan fingerprint density at radius 1 is 1.06 bits per heavy atom. The number of anilines is 3. The molecule has 1 amide bonds. The number of nitrogens with one attached hydrogen (secondary N) is 4. The van der Waals surface area contributed by atoms with Crippen molar-refractivity contribution in [1.29, 1.82) is 0 Å². The average molecular weight is 683 g/mol. The van der Waals surface area contributed by atoms with E-state index in [1.165, 1.54) is 44.6 Å². The third-order valence-corrected chi connectivity index (χ3v) is 10.2. The monoisotopic (exact) mass is 682 g/mol. The van der Waals surface area contributed by atoms with Gasteiger partial charge in [0.15, 0.2) is 0 Å². The first kappa shape index (κ1) is 38.7. The van der Waals surface area contributed by atoms with Crippen molar-refractivity contribution in [2.75, 3.05) is 63.0 Å². The average Bonchev–Trinajstić information content (AvgIpc) is 3.02. The van der Waals surface area contributed by atoms with Gasteiger partial charge in [-0.2, -0.15) is 0 Å². The van der Waals surface area contributed by atoms with Crippen molar-refractivity contribution in [3.63, 3.8) is 0 Å². The van der Waals surface area contributed by atoms with Gasteiger partial charge in [-0.15, -0.1) is 11.6 Å². The Balaban J connectivity index is 1.92. The van der Waals surface area contributed by atoms with E-state index in [0.717, 1.165) is 47.2 Å². The first-order chi connectivity index (χ1) is 22.5. The molecule has 258 valence electrons. The molecule has 1 heterocycles. The van der Waals surface area contributed by atoms with Gasteiger partial charge in [0.2, 0.25) is 5.91 Å². The third kappa shape index (κ3) is 12.3. The lowest BCUT2D eigenvalue weighted by Gasteiger charge is -2.44. The fraction of sp³-hybridized carbons (Fsp3) is 0.541. The van der Waals surface area contributed by atoms with Crippen LogP contribution in [0.4, 0.5) is 17.1 Å². The molecule has 2 aromatic carbocycles. The molecule has 8 nitrogen and oxygen atoms in total. The van der Waals surface area contributed by atoms with Crippen LogP contribution in [0.3, 0.4) is 0 Å². The highest BCUT2D eigenvalue weighted by atomic mass is 35.5. The van der Waals surface area contributed by atoms with Crippen molar-refractivity contribution in [2.45, 2.75) is 83.0 Å². The summed E-state index contributed by atoms with van der Waals surface area (Å²) < 4.78 is 13.1. The molecule has 4 N–H and O–H groups in total. The Hall–Kier alpha value is -2.79. The van der Waals surface area contributed by atoms with Crippen molar-refractivity contribution in [1.82, 2.24) is 15.1 Å². The number of para-hydroxylation sites is 1. The second-order valence-electron chi connectivity index (χ2n) is 13.0. The van der Waals surface area contributed by atoms with Crippen LogP contribution in [0.1, 0.15) is 69.9 Å². The van der Waals surface area contributed by atoms with Crippen molar-refractivity contribution in [3.8, 4) is 11.8 Å². The van der Waals surface area contributed by atoms with Crippen molar-refractivity contribution >= 4 is 47.0 Å². The molecule has 0 spiro atoms. The van der Waals surface area contributed by atoms with Crippen LogP contribution in [0.5, 0.6) is 0 Å². The van der Waals surface area contributed by atoms with E-state index in [1.807, 2.05) is 49.3 Å². The number of hydrogen-bond acceptors (Lipinski definition) is 7. The third-order valence-electron chi connectivity index (χ3n) is 8.30. The molecule has 0 bridgehead atoms. The molecule has 3 unspecified atom stereocenters. The smallest absolute Gasteiger partial charge is 0.247 e. The lowest BCUT2D eigenvalue weighted by Crippen LogP contribution is -2.66. The Morgan fingerprint density at radius 3 is 2.43 bits per heavy atom. The van der Waals surface area contributed by atoms with Crippen LogP contribution < -0.4 is 26.6 Å². The molecular formula is C37H56ClN6O2P. The zero-order valence-corrected chi connectivity index (χ0v) is 30.9. The summed E-state index contributed by atoms with van der Waals surface area (Å²) in [5.74, 6) is 6.17. The highest BCUT2D eigenvalue weighted by Gasteiger charge is 2.35. The quantitative estimate of drug-likeness (QED) is 0.0473. The molecular weight excluding hydrogens is 627 g/mol.